The Labute approximate surface area is 223 Å². The molecule has 3 aliphatic rings. The van der Waals surface area contributed by atoms with Gasteiger partial charge in [0, 0.05) is 18.3 Å². The molecule has 0 spiro atoms. The van der Waals surface area contributed by atoms with Crippen LogP contribution in [0.25, 0.3) is 0 Å². The summed E-state index contributed by atoms with van der Waals surface area (Å²) < 4.78 is 39.1. The third-order valence-corrected chi connectivity index (χ3v) is 8.12. The number of nitrogens with zero attached hydrogens (tertiary/aromatic N) is 3. The van der Waals surface area contributed by atoms with Crippen molar-refractivity contribution in [3.8, 4) is 6.07 Å². The molecular weight excluding hydrogens is 517 g/mol. The maximum atomic E-state index is 13.6. The van der Waals surface area contributed by atoms with Crippen LogP contribution in [-0.2, 0) is 19.2 Å². The number of fused-ring (bicyclic) bond motifs is 2. The minimum absolute atomic E-state index is 0.0306. The van der Waals surface area contributed by atoms with Crippen LogP contribution in [0.3, 0.4) is 0 Å². The fourth-order valence-electron chi connectivity index (χ4n) is 5.86. The average molecular weight is 549 g/mol. The van der Waals surface area contributed by atoms with Gasteiger partial charge in [-0.25, -0.2) is 4.98 Å². The maximum Gasteiger partial charge on any atom is 0.471 e. The summed E-state index contributed by atoms with van der Waals surface area (Å²) in [6, 6.07) is 1.69. The maximum absolute atomic E-state index is 13.6. The lowest BCUT2D eigenvalue weighted by Gasteiger charge is -2.37. The fourth-order valence-corrected chi connectivity index (χ4v) is 5.86. The second-order valence-corrected chi connectivity index (χ2v) is 12.1. The molecule has 1 aliphatic carbocycles. The number of halogens is 3. The molecule has 3 heterocycles. The fraction of sp³-hybridized carbons (Fsp3) is 0.615. The average Bonchev–Trinajstić information content (AvgIpc) is 3.15. The van der Waals surface area contributed by atoms with Crippen molar-refractivity contribution in [1.29, 1.82) is 5.26 Å². The van der Waals surface area contributed by atoms with E-state index in [1.807, 2.05) is 25.2 Å². The van der Waals surface area contributed by atoms with E-state index in [4.69, 9.17) is 0 Å². The van der Waals surface area contributed by atoms with Gasteiger partial charge in [0.2, 0.25) is 17.7 Å². The van der Waals surface area contributed by atoms with E-state index >= 15 is 0 Å². The summed E-state index contributed by atoms with van der Waals surface area (Å²) in [5.41, 5.74) is -0.789. The second-order valence-electron chi connectivity index (χ2n) is 12.1. The van der Waals surface area contributed by atoms with Crippen LogP contribution >= 0.6 is 0 Å². The van der Waals surface area contributed by atoms with Crippen molar-refractivity contribution in [3.63, 3.8) is 0 Å². The van der Waals surface area contributed by atoms with Gasteiger partial charge in [0.05, 0.1) is 12.0 Å². The molecular formula is C26H31F3N6O4. The molecule has 0 radical (unpaired) electrons. The lowest BCUT2D eigenvalue weighted by atomic mass is 9.85. The van der Waals surface area contributed by atoms with Crippen LogP contribution in [0.15, 0.2) is 18.3 Å². The second kappa shape index (κ2) is 9.50. The van der Waals surface area contributed by atoms with Gasteiger partial charge in [-0.1, -0.05) is 40.7 Å². The van der Waals surface area contributed by atoms with Crippen LogP contribution in [0, 0.1) is 34.0 Å². The zero-order valence-electron chi connectivity index (χ0n) is 22.2. The van der Waals surface area contributed by atoms with Crippen molar-refractivity contribution in [1.82, 2.24) is 20.5 Å². The number of rotatable bonds is 6. The first-order chi connectivity index (χ1) is 18.0. The summed E-state index contributed by atoms with van der Waals surface area (Å²) >= 11 is 0. The number of piperidine rings is 1. The summed E-state index contributed by atoms with van der Waals surface area (Å²) in [6.45, 7) is 8.56. The quantitative estimate of drug-likeness (QED) is 0.497. The lowest BCUT2D eigenvalue weighted by Crippen LogP contribution is -2.61. The number of nitrogens with one attached hydrogen (secondary N) is 3. The number of hydrogen-bond donors (Lipinski definition) is 3. The zero-order valence-corrected chi connectivity index (χ0v) is 22.2. The molecule has 4 rings (SSSR count). The summed E-state index contributed by atoms with van der Waals surface area (Å²) in [6.07, 6.45) is -3.69. The number of likely N-dealkylation sites (tertiary alicyclic amines) is 1. The molecule has 1 saturated carbocycles. The monoisotopic (exact) mass is 548 g/mol. The van der Waals surface area contributed by atoms with Gasteiger partial charge in [-0.15, -0.1) is 0 Å². The normalized spacial score (nSPS) is 26.4. The number of carbonyl (C=O) groups is 4. The molecule has 1 aromatic rings. The minimum atomic E-state index is -5.18. The zero-order chi connectivity index (χ0) is 29.1. The third-order valence-electron chi connectivity index (χ3n) is 8.12. The van der Waals surface area contributed by atoms with Gasteiger partial charge in [-0.3, -0.25) is 19.2 Å². The first-order valence-corrected chi connectivity index (χ1v) is 12.6. The molecule has 10 nitrogen and oxygen atoms in total. The molecule has 13 heteroatoms. The van der Waals surface area contributed by atoms with Crippen LogP contribution in [0.1, 0.15) is 52.5 Å². The summed E-state index contributed by atoms with van der Waals surface area (Å²) in [4.78, 5) is 56.7. The van der Waals surface area contributed by atoms with Gasteiger partial charge in [0.1, 0.15) is 23.9 Å². The van der Waals surface area contributed by atoms with E-state index in [1.165, 1.54) is 31.9 Å². The Hall–Kier alpha value is -3.69. The largest absolute Gasteiger partial charge is 0.471 e. The van der Waals surface area contributed by atoms with Crippen LogP contribution in [0.4, 0.5) is 19.0 Å². The Morgan fingerprint density at radius 3 is 2.51 bits per heavy atom. The van der Waals surface area contributed by atoms with Gasteiger partial charge >= 0.3 is 12.1 Å². The van der Waals surface area contributed by atoms with Crippen LogP contribution in [-0.4, -0.2) is 64.4 Å². The molecule has 0 bridgehead atoms. The molecule has 2 aliphatic heterocycles. The first kappa shape index (κ1) is 28.3. The van der Waals surface area contributed by atoms with Crippen molar-refractivity contribution in [3.05, 3.63) is 23.9 Å². The lowest BCUT2D eigenvalue weighted by molar-refractivity contribution is -0.176. The molecule has 39 heavy (non-hydrogen) atoms. The van der Waals surface area contributed by atoms with E-state index in [2.05, 4.69) is 15.6 Å². The van der Waals surface area contributed by atoms with Gasteiger partial charge in [-0.05, 0) is 35.2 Å². The Kier molecular flexibility index (Phi) is 6.90. The Bertz CT molecular complexity index is 1250. The topological polar surface area (TPSA) is 144 Å². The van der Waals surface area contributed by atoms with Crippen molar-refractivity contribution in [2.75, 3.05) is 11.9 Å². The van der Waals surface area contributed by atoms with Crippen molar-refractivity contribution >= 4 is 29.4 Å². The number of amides is 4. The highest BCUT2D eigenvalue weighted by molar-refractivity contribution is 6.02. The molecule has 2 unspecified atom stereocenters. The molecule has 3 N–H and O–H groups in total. The minimum Gasteiger partial charge on any atom is -0.339 e. The van der Waals surface area contributed by atoms with Crippen molar-refractivity contribution in [2.45, 2.75) is 71.3 Å². The van der Waals surface area contributed by atoms with Gasteiger partial charge in [0.25, 0.3) is 0 Å². The highest BCUT2D eigenvalue weighted by atomic mass is 19.4. The summed E-state index contributed by atoms with van der Waals surface area (Å²) in [5, 5.41) is 16.9. The summed E-state index contributed by atoms with van der Waals surface area (Å²) in [5.74, 6) is -4.70. The van der Waals surface area contributed by atoms with E-state index in [-0.39, 0.29) is 36.1 Å². The number of pyridine rings is 1. The van der Waals surface area contributed by atoms with Crippen molar-refractivity contribution < 1.29 is 32.3 Å². The third kappa shape index (κ3) is 5.16. The highest BCUT2D eigenvalue weighted by Crippen LogP contribution is 2.65. The van der Waals surface area contributed by atoms with Crippen LogP contribution in [0.2, 0.25) is 0 Å². The summed E-state index contributed by atoms with van der Waals surface area (Å²) in [7, 11) is 0. The van der Waals surface area contributed by atoms with E-state index in [0.717, 1.165) is 0 Å². The van der Waals surface area contributed by atoms with E-state index in [1.54, 1.807) is 12.1 Å². The molecule has 6 atom stereocenters. The Morgan fingerprint density at radius 2 is 1.92 bits per heavy atom. The van der Waals surface area contributed by atoms with E-state index in [9.17, 15) is 37.6 Å². The predicted octanol–water partition coefficient (Wildman–Crippen LogP) is 2.09. The molecule has 210 valence electrons. The number of hydrogen-bond acceptors (Lipinski definition) is 6. The van der Waals surface area contributed by atoms with Crippen LogP contribution < -0.4 is 16.0 Å². The van der Waals surface area contributed by atoms with Gasteiger partial charge in [-0.2, -0.15) is 18.4 Å². The Morgan fingerprint density at radius 1 is 1.26 bits per heavy atom. The molecule has 2 fully saturated rings. The number of alkyl halides is 3. The number of aromatic nitrogens is 1. The van der Waals surface area contributed by atoms with Crippen molar-refractivity contribution in [2.24, 2.45) is 22.7 Å². The van der Waals surface area contributed by atoms with E-state index in [0.29, 0.717) is 11.4 Å². The highest BCUT2D eigenvalue weighted by Gasteiger charge is 2.70. The molecule has 4 amide bonds. The van der Waals surface area contributed by atoms with E-state index < -0.39 is 53.4 Å². The first-order valence-electron chi connectivity index (χ1n) is 12.6. The SMILES string of the molecule is CC(C)(C)[C@H](NC(=O)C(F)(F)F)C(=O)N1C[C@H]2[C@H]([C@H]1C(=O)NC(C#N)CC1C(=O)Nc3ncccc31)C2(C)C. The predicted molar refractivity (Wildman–Crippen MR) is 131 cm³/mol. The molecule has 0 aromatic carbocycles. The number of carbonyl (C=O) groups excluding carboxylic acids is 4. The molecule has 1 saturated heterocycles. The number of nitriles is 1. The standard InChI is InChI=1S/C26H31F3N6O4/c1-24(2,3)18(33-23(39)26(27,28)29)22(38)35-11-15-16(25(15,4)5)17(35)21(37)32-12(10-30)9-14-13-7-6-8-31-19(13)34-20(14)36/h6-8,12,14-18H,9,11H2,1-5H3,(H,32,37)(H,33,39)(H,31,34,36)/t12?,14?,15-,16+,17-,18+/m0/s1. The smallest absolute Gasteiger partial charge is 0.339 e. The van der Waals surface area contributed by atoms with Gasteiger partial charge < -0.3 is 20.9 Å². The van der Waals surface area contributed by atoms with Gasteiger partial charge in [0.15, 0.2) is 0 Å². The number of anilines is 1. The molecule has 1 aromatic heterocycles. The van der Waals surface area contributed by atoms with Crippen LogP contribution in [0.5, 0.6) is 0 Å². The Balaban J connectivity index is 1.54.